The lowest BCUT2D eigenvalue weighted by molar-refractivity contribution is -0.145. The van der Waals surface area contributed by atoms with E-state index in [1.807, 2.05) is 0 Å². The maximum Gasteiger partial charge on any atom is 0.312 e. The van der Waals surface area contributed by atoms with Gasteiger partial charge in [-0.2, -0.15) is 10.5 Å². The topological polar surface area (TPSA) is 73.9 Å². The van der Waals surface area contributed by atoms with Gasteiger partial charge >= 0.3 is 5.97 Å². The number of nitrogens with zero attached hydrogens (tertiary/aromatic N) is 2. The minimum Gasteiger partial charge on any atom is -0.466 e. The molecule has 4 nitrogen and oxygen atoms in total. The van der Waals surface area contributed by atoms with E-state index in [1.165, 1.54) is 6.42 Å². The highest BCUT2D eigenvalue weighted by Gasteiger charge is 2.73. The van der Waals surface area contributed by atoms with E-state index in [0.29, 0.717) is 12.5 Å². The highest BCUT2D eigenvalue weighted by molar-refractivity contribution is 5.80. The lowest BCUT2D eigenvalue weighted by Crippen LogP contribution is -2.14. The quantitative estimate of drug-likeness (QED) is 0.717. The molecule has 0 amide bonds. The zero-order valence-electron chi connectivity index (χ0n) is 10.7. The van der Waals surface area contributed by atoms with Crippen molar-refractivity contribution in [3.8, 4) is 12.1 Å². The Morgan fingerprint density at radius 3 is 2.39 bits per heavy atom. The maximum absolute atomic E-state index is 11.9. The smallest absolute Gasteiger partial charge is 0.312 e. The standard InChI is InChI=1S/C14H18N2O2/c1-2-18-13(17)12-11(14(12,8-15)9-16)10-6-4-3-5-7-10/h10-12H,2-7H2,1H3/t11-,12-/m1/s1. The summed E-state index contributed by atoms with van der Waals surface area (Å²) in [7, 11) is 0. The highest BCUT2D eigenvalue weighted by atomic mass is 16.5. The van der Waals surface area contributed by atoms with Crippen LogP contribution in [0.3, 0.4) is 0 Å². The van der Waals surface area contributed by atoms with Crippen molar-refractivity contribution in [1.82, 2.24) is 0 Å². The van der Waals surface area contributed by atoms with Gasteiger partial charge in [-0.15, -0.1) is 0 Å². The van der Waals surface area contributed by atoms with E-state index in [4.69, 9.17) is 4.74 Å². The Kier molecular flexibility index (Phi) is 3.57. The van der Waals surface area contributed by atoms with Crippen molar-refractivity contribution in [2.75, 3.05) is 6.61 Å². The van der Waals surface area contributed by atoms with Crippen molar-refractivity contribution in [1.29, 1.82) is 10.5 Å². The van der Waals surface area contributed by atoms with Gasteiger partial charge in [-0.25, -0.2) is 0 Å². The summed E-state index contributed by atoms with van der Waals surface area (Å²) in [6.45, 7) is 2.05. The normalized spacial score (nSPS) is 29.9. The minimum atomic E-state index is -1.12. The molecule has 0 spiro atoms. The summed E-state index contributed by atoms with van der Waals surface area (Å²) in [6, 6.07) is 4.15. The molecular formula is C14H18N2O2. The van der Waals surface area contributed by atoms with E-state index in [9.17, 15) is 15.3 Å². The van der Waals surface area contributed by atoms with Crippen LogP contribution in [-0.2, 0) is 9.53 Å². The summed E-state index contributed by atoms with van der Waals surface area (Å²) in [5.74, 6) is -0.647. The Morgan fingerprint density at radius 2 is 1.89 bits per heavy atom. The zero-order valence-corrected chi connectivity index (χ0v) is 10.7. The van der Waals surface area contributed by atoms with E-state index in [-0.39, 0.29) is 11.9 Å². The van der Waals surface area contributed by atoms with Gasteiger partial charge in [-0.05, 0) is 12.8 Å². The van der Waals surface area contributed by atoms with Gasteiger partial charge in [0.1, 0.15) is 0 Å². The van der Waals surface area contributed by atoms with Crippen LogP contribution in [-0.4, -0.2) is 12.6 Å². The molecule has 2 saturated carbocycles. The molecule has 0 aromatic rings. The molecule has 18 heavy (non-hydrogen) atoms. The van der Waals surface area contributed by atoms with Crippen LogP contribution in [0.4, 0.5) is 0 Å². The number of ether oxygens (including phenoxy) is 1. The first-order chi connectivity index (χ1) is 8.71. The fourth-order valence-corrected chi connectivity index (χ4v) is 3.43. The monoisotopic (exact) mass is 246 g/mol. The Balaban J connectivity index is 2.16. The van der Waals surface area contributed by atoms with Crippen LogP contribution < -0.4 is 0 Å². The predicted molar refractivity (Wildman–Crippen MR) is 63.8 cm³/mol. The van der Waals surface area contributed by atoms with Gasteiger partial charge in [0.05, 0.1) is 24.7 Å². The van der Waals surface area contributed by atoms with Gasteiger partial charge in [-0.3, -0.25) is 4.79 Å². The van der Waals surface area contributed by atoms with Gasteiger partial charge in [0.2, 0.25) is 0 Å². The molecule has 0 unspecified atom stereocenters. The molecule has 2 atom stereocenters. The number of hydrogen-bond acceptors (Lipinski definition) is 4. The lowest BCUT2D eigenvalue weighted by atomic mass is 9.83. The second-order valence-corrected chi connectivity index (χ2v) is 5.25. The third kappa shape index (κ3) is 1.86. The molecule has 2 aliphatic carbocycles. The van der Waals surface area contributed by atoms with Gasteiger partial charge in [0.25, 0.3) is 0 Å². The van der Waals surface area contributed by atoms with Crippen molar-refractivity contribution in [3.63, 3.8) is 0 Å². The maximum atomic E-state index is 11.9. The van der Waals surface area contributed by atoms with Crippen LogP contribution in [0.2, 0.25) is 0 Å². The Hall–Kier alpha value is -1.55. The molecule has 96 valence electrons. The van der Waals surface area contributed by atoms with Crippen molar-refractivity contribution in [3.05, 3.63) is 0 Å². The van der Waals surface area contributed by atoms with Crippen molar-refractivity contribution < 1.29 is 9.53 Å². The molecule has 0 aromatic carbocycles. The van der Waals surface area contributed by atoms with Crippen molar-refractivity contribution in [2.24, 2.45) is 23.2 Å². The Morgan fingerprint density at radius 1 is 1.28 bits per heavy atom. The predicted octanol–water partition coefficient (Wildman–Crippen LogP) is 2.41. The summed E-state index contributed by atoms with van der Waals surface area (Å²) >= 11 is 0. The third-order valence-corrected chi connectivity index (χ3v) is 4.33. The second-order valence-electron chi connectivity index (χ2n) is 5.25. The molecule has 0 bridgehead atoms. The number of carbonyl (C=O) groups excluding carboxylic acids is 1. The summed E-state index contributed by atoms with van der Waals surface area (Å²) < 4.78 is 5.00. The van der Waals surface area contributed by atoms with Gasteiger partial charge in [0.15, 0.2) is 5.41 Å². The van der Waals surface area contributed by atoms with Crippen LogP contribution in [0.1, 0.15) is 39.0 Å². The first-order valence-electron chi connectivity index (χ1n) is 6.70. The van der Waals surface area contributed by atoms with Crippen LogP contribution >= 0.6 is 0 Å². The van der Waals surface area contributed by atoms with Crippen molar-refractivity contribution >= 4 is 5.97 Å². The first kappa shape index (κ1) is 12.9. The van der Waals surface area contributed by atoms with Gasteiger partial charge < -0.3 is 4.74 Å². The molecule has 2 fully saturated rings. The number of esters is 1. The second kappa shape index (κ2) is 4.98. The van der Waals surface area contributed by atoms with E-state index >= 15 is 0 Å². The van der Waals surface area contributed by atoms with Gasteiger partial charge in [0, 0.05) is 5.92 Å². The largest absolute Gasteiger partial charge is 0.466 e. The summed E-state index contributed by atoms with van der Waals surface area (Å²) in [5, 5.41) is 18.5. The molecular weight excluding hydrogens is 228 g/mol. The fourth-order valence-electron chi connectivity index (χ4n) is 3.43. The molecule has 2 aliphatic rings. The summed E-state index contributed by atoms with van der Waals surface area (Å²) in [6.07, 6.45) is 5.57. The van der Waals surface area contributed by atoms with Gasteiger partial charge in [-0.1, -0.05) is 32.1 Å². The molecule has 0 heterocycles. The number of nitriles is 2. The molecule has 0 aromatic heterocycles. The average Bonchev–Trinajstić information content (AvgIpc) is 3.09. The van der Waals surface area contributed by atoms with E-state index < -0.39 is 11.3 Å². The number of hydrogen-bond donors (Lipinski definition) is 0. The van der Waals surface area contributed by atoms with E-state index in [1.54, 1.807) is 6.92 Å². The highest BCUT2D eigenvalue weighted by Crippen LogP contribution is 2.64. The molecule has 2 rings (SSSR count). The zero-order chi connectivity index (χ0) is 13.2. The molecule has 0 N–H and O–H groups in total. The molecule has 0 radical (unpaired) electrons. The minimum absolute atomic E-state index is 0.105. The van der Waals surface area contributed by atoms with Crippen LogP contribution in [0.5, 0.6) is 0 Å². The molecule has 4 heteroatoms. The van der Waals surface area contributed by atoms with Crippen LogP contribution in [0.15, 0.2) is 0 Å². The first-order valence-corrected chi connectivity index (χ1v) is 6.70. The number of rotatable bonds is 3. The lowest BCUT2D eigenvalue weighted by Gasteiger charge is -2.21. The Labute approximate surface area is 108 Å². The fraction of sp³-hybridized carbons (Fsp3) is 0.786. The van der Waals surface area contributed by atoms with Crippen LogP contribution in [0, 0.1) is 45.8 Å². The Bertz CT molecular complexity index is 398. The summed E-state index contributed by atoms with van der Waals surface area (Å²) in [5.41, 5.74) is -1.12. The van der Waals surface area contributed by atoms with Crippen LogP contribution in [0.25, 0.3) is 0 Å². The van der Waals surface area contributed by atoms with E-state index in [2.05, 4.69) is 12.1 Å². The van der Waals surface area contributed by atoms with E-state index in [0.717, 1.165) is 25.7 Å². The average molecular weight is 246 g/mol. The molecule has 0 saturated heterocycles. The summed E-state index contributed by atoms with van der Waals surface area (Å²) in [4.78, 5) is 11.9. The number of carbonyl (C=O) groups is 1. The SMILES string of the molecule is CCOC(=O)[C@H]1[C@@H](C2CCCCC2)C1(C#N)C#N. The molecule has 0 aliphatic heterocycles. The van der Waals surface area contributed by atoms with Crippen molar-refractivity contribution in [2.45, 2.75) is 39.0 Å². The third-order valence-electron chi connectivity index (χ3n) is 4.33.